The third kappa shape index (κ3) is 3.27. The molecule has 0 saturated heterocycles. The van der Waals surface area contributed by atoms with Crippen LogP contribution in [0.5, 0.6) is 0 Å². The van der Waals surface area contributed by atoms with Crippen LogP contribution in [0.2, 0.25) is 0 Å². The van der Waals surface area contributed by atoms with Crippen molar-refractivity contribution in [1.82, 2.24) is 10.7 Å². The lowest BCUT2D eigenvalue weighted by molar-refractivity contribution is 0.627. The first-order valence-corrected chi connectivity index (χ1v) is 5.60. The van der Waals surface area contributed by atoms with Gasteiger partial charge in [0.2, 0.25) is 5.96 Å². The Morgan fingerprint density at radius 1 is 1.41 bits per heavy atom. The molecule has 0 aromatic heterocycles. The van der Waals surface area contributed by atoms with Crippen molar-refractivity contribution >= 4 is 11.7 Å². The van der Waals surface area contributed by atoms with Crippen molar-refractivity contribution in [3.05, 3.63) is 35.6 Å². The predicted octanol–water partition coefficient (Wildman–Crippen LogP) is 1.49. The number of hydrazone groups is 1. The summed E-state index contributed by atoms with van der Waals surface area (Å²) >= 11 is 0. The second-order valence-corrected chi connectivity index (χ2v) is 3.83. The molecule has 2 N–H and O–H groups in total. The molecule has 5 heteroatoms. The van der Waals surface area contributed by atoms with E-state index < -0.39 is 0 Å². The smallest absolute Gasteiger partial charge is 0.212 e. The van der Waals surface area contributed by atoms with Gasteiger partial charge in [0.05, 0.1) is 5.71 Å². The minimum absolute atomic E-state index is 0.243. The number of nitrogens with one attached hydrogen (secondary N) is 2. The van der Waals surface area contributed by atoms with Crippen molar-refractivity contribution in [2.24, 2.45) is 10.1 Å². The number of aliphatic imine (C=N–C) groups is 1. The molecule has 0 unspecified atom stereocenters. The van der Waals surface area contributed by atoms with E-state index in [1.165, 1.54) is 12.1 Å². The Labute approximate surface area is 99.6 Å². The van der Waals surface area contributed by atoms with Crippen LogP contribution in [0.4, 0.5) is 4.39 Å². The highest BCUT2D eigenvalue weighted by molar-refractivity contribution is 5.99. The van der Waals surface area contributed by atoms with Crippen LogP contribution < -0.4 is 10.7 Å². The molecule has 2 rings (SSSR count). The maximum Gasteiger partial charge on any atom is 0.212 e. The van der Waals surface area contributed by atoms with Crippen molar-refractivity contribution in [1.29, 1.82) is 0 Å². The van der Waals surface area contributed by atoms with Crippen LogP contribution >= 0.6 is 0 Å². The van der Waals surface area contributed by atoms with Gasteiger partial charge in [0, 0.05) is 13.1 Å². The zero-order chi connectivity index (χ0) is 12.1. The molecule has 0 bridgehead atoms. The summed E-state index contributed by atoms with van der Waals surface area (Å²) in [6.45, 7) is 3.60. The summed E-state index contributed by atoms with van der Waals surface area (Å²) in [5.41, 5.74) is 4.54. The summed E-state index contributed by atoms with van der Waals surface area (Å²) in [7, 11) is 0. The molecule has 0 amide bonds. The lowest BCUT2D eigenvalue weighted by atomic mass is 10.1. The standard InChI is InChI=1S/C12H15FN4/c1-9(10-3-5-11(13)6-4-10)16-17-12-14-7-2-8-15-12/h3-6H,2,7-8H2,1H3,(H2,14,15,17)/b16-9-. The number of hydrogen-bond acceptors (Lipinski definition) is 4. The Balaban J connectivity index is 2.01. The van der Waals surface area contributed by atoms with Crippen molar-refractivity contribution < 1.29 is 4.39 Å². The fourth-order valence-electron chi connectivity index (χ4n) is 1.50. The molecule has 0 saturated carbocycles. The van der Waals surface area contributed by atoms with Gasteiger partial charge in [-0.2, -0.15) is 5.10 Å². The van der Waals surface area contributed by atoms with Crippen LogP contribution in [-0.2, 0) is 0 Å². The summed E-state index contributed by atoms with van der Waals surface area (Å²) in [5, 5.41) is 7.31. The minimum atomic E-state index is -0.243. The van der Waals surface area contributed by atoms with Gasteiger partial charge in [0.25, 0.3) is 0 Å². The van der Waals surface area contributed by atoms with Gasteiger partial charge < -0.3 is 5.32 Å². The Morgan fingerprint density at radius 2 is 2.18 bits per heavy atom. The van der Waals surface area contributed by atoms with E-state index in [1.54, 1.807) is 12.1 Å². The lowest BCUT2D eigenvalue weighted by Gasteiger charge is -2.13. The highest BCUT2D eigenvalue weighted by Gasteiger charge is 2.02. The summed E-state index contributed by atoms with van der Waals surface area (Å²) in [6.07, 6.45) is 1.05. The van der Waals surface area contributed by atoms with Crippen LogP contribution in [0.15, 0.2) is 34.4 Å². The molecule has 17 heavy (non-hydrogen) atoms. The number of guanidine groups is 1. The topological polar surface area (TPSA) is 48.8 Å². The van der Waals surface area contributed by atoms with Crippen molar-refractivity contribution in [2.75, 3.05) is 13.1 Å². The predicted molar refractivity (Wildman–Crippen MR) is 66.7 cm³/mol. The van der Waals surface area contributed by atoms with E-state index in [1.807, 2.05) is 6.92 Å². The molecule has 0 radical (unpaired) electrons. The van der Waals surface area contributed by atoms with E-state index in [4.69, 9.17) is 0 Å². The molecule has 4 nitrogen and oxygen atoms in total. The fourth-order valence-corrected chi connectivity index (χ4v) is 1.50. The maximum atomic E-state index is 12.7. The molecular formula is C12H15FN4. The molecule has 90 valence electrons. The van der Waals surface area contributed by atoms with Crippen LogP contribution in [0, 0.1) is 5.82 Å². The summed E-state index contributed by atoms with van der Waals surface area (Å²) < 4.78 is 12.7. The molecule has 1 heterocycles. The highest BCUT2D eigenvalue weighted by atomic mass is 19.1. The van der Waals surface area contributed by atoms with Gasteiger partial charge in [-0.1, -0.05) is 12.1 Å². The van der Waals surface area contributed by atoms with Gasteiger partial charge in [-0.3, -0.25) is 4.99 Å². The number of halogens is 1. The van der Waals surface area contributed by atoms with Gasteiger partial charge in [-0.05, 0) is 31.0 Å². The van der Waals surface area contributed by atoms with Crippen molar-refractivity contribution in [3.8, 4) is 0 Å². The van der Waals surface area contributed by atoms with E-state index >= 15 is 0 Å². The van der Waals surface area contributed by atoms with Crippen LogP contribution in [0.3, 0.4) is 0 Å². The van der Waals surface area contributed by atoms with Gasteiger partial charge >= 0.3 is 0 Å². The maximum absolute atomic E-state index is 12.7. The van der Waals surface area contributed by atoms with Gasteiger partial charge in [0.1, 0.15) is 5.82 Å². The first-order chi connectivity index (χ1) is 8.25. The van der Waals surface area contributed by atoms with Gasteiger partial charge in [0.15, 0.2) is 0 Å². The first kappa shape index (κ1) is 11.6. The molecule has 1 aliphatic rings. The average molecular weight is 234 g/mol. The monoisotopic (exact) mass is 234 g/mol. The van der Waals surface area contributed by atoms with E-state index in [-0.39, 0.29) is 5.82 Å². The SMILES string of the molecule is C/C(=N/NC1=NCCCN1)c1ccc(F)cc1. The second kappa shape index (κ2) is 5.43. The fraction of sp³-hybridized carbons (Fsp3) is 0.333. The van der Waals surface area contributed by atoms with E-state index in [9.17, 15) is 4.39 Å². The Morgan fingerprint density at radius 3 is 2.82 bits per heavy atom. The van der Waals surface area contributed by atoms with Gasteiger partial charge in [-0.25, -0.2) is 9.82 Å². The largest absolute Gasteiger partial charge is 0.355 e. The summed E-state index contributed by atoms with van der Waals surface area (Å²) in [4.78, 5) is 4.24. The summed E-state index contributed by atoms with van der Waals surface area (Å²) in [5.74, 6) is 0.450. The Kier molecular flexibility index (Phi) is 3.69. The second-order valence-electron chi connectivity index (χ2n) is 3.83. The third-order valence-corrected chi connectivity index (χ3v) is 2.49. The van der Waals surface area contributed by atoms with E-state index in [0.717, 1.165) is 30.8 Å². The quantitative estimate of drug-likeness (QED) is 0.601. The number of hydrogen-bond donors (Lipinski definition) is 2. The zero-order valence-corrected chi connectivity index (χ0v) is 9.70. The number of rotatable bonds is 2. The first-order valence-electron chi connectivity index (χ1n) is 5.60. The molecular weight excluding hydrogens is 219 g/mol. The zero-order valence-electron chi connectivity index (χ0n) is 9.70. The summed E-state index contributed by atoms with van der Waals surface area (Å²) in [6, 6.07) is 6.24. The van der Waals surface area contributed by atoms with Crippen LogP contribution in [-0.4, -0.2) is 24.8 Å². The van der Waals surface area contributed by atoms with Gasteiger partial charge in [-0.15, -0.1) is 0 Å². The third-order valence-electron chi connectivity index (χ3n) is 2.49. The molecule has 1 aromatic carbocycles. The molecule has 0 fully saturated rings. The lowest BCUT2D eigenvalue weighted by Crippen LogP contribution is -2.38. The molecule has 0 atom stereocenters. The average Bonchev–Trinajstić information content (AvgIpc) is 2.38. The van der Waals surface area contributed by atoms with Crippen molar-refractivity contribution in [3.63, 3.8) is 0 Å². The van der Waals surface area contributed by atoms with Crippen molar-refractivity contribution in [2.45, 2.75) is 13.3 Å². The normalized spacial score (nSPS) is 16.1. The Hall–Kier alpha value is -1.91. The molecule has 1 aliphatic heterocycles. The van der Waals surface area contributed by atoms with Crippen LogP contribution in [0.25, 0.3) is 0 Å². The van der Waals surface area contributed by atoms with Crippen LogP contribution in [0.1, 0.15) is 18.9 Å². The number of nitrogens with zero attached hydrogens (tertiary/aromatic N) is 2. The molecule has 1 aromatic rings. The Bertz CT molecular complexity index is 436. The number of benzene rings is 1. The van der Waals surface area contributed by atoms with E-state index in [2.05, 4.69) is 20.8 Å². The van der Waals surface area contributed by atoms with E-state index in [0.29, 0.717) is 5.96 Å². The molecule has 0 spiro atoms. The molecule has 0 aliphatic carbocycles. The highest BCUT2D eigenvalue weighted by Crippen LogP contribution is 2.03. The minimum Gasteiger partial charge on any atom is -0.355 e.